The Labute approximate surface area is 118 Å². The molecular weight excluding hydrogens is 236 g/mol. The zero-order valence-electron chi connectivity index (χ0n) is 12.6. The molecule has 0 heterocycles. The molecule has 0 aromatic heterocycles. The van der Waals surface area contributed by atoms with Crippen molar-refractivity contribution in [3.05, 3.63) is 12.2 Å². The smallest absolute Gasteiger partial charge is 0.307 e. The predicted molar refractivity (Wildman–Crippen MR) is 80.1 cm³/mol. The minimum Gasteiger partial charge on any atom is -0.481 e. The molecular formula is C17H30O2. The van der Waals surface area contributed by atoms with Crippen molar-refractivity contribution >= 4 is 5.97 Å². The quantitative estimate of drug-likeness (QED) is 0.493. The average Bonchev–Trinajstić information content (AvgIpc) is 2.39. The van der Waals surface area contributed by atoms with Crippen LogP contribution >= 0.6 is 0 Å². The van der Waals surface area contributed by atoms with Crippen LogP contribution in [0.3, 0.4) is 0 Å². The van der Waals surface area contributed by atoms with Gasteiger partial charge in [-0.2, -0.15) is 0 Å². The number of unbranched alkanes of at least 4 members (excludes halogenated alkanes) is 5. The van der Waals surface area contributed by atoms with Crippen LogP contribution in [-0.4, -0.2) is 11.1 Å². The van der Waals surface area contributed by atoms with Crippen molar-refractivity contribution in [3.8, 4) is 0 Å². The van der Waals surface area contributed by atoms with E-state index in [1.54, 1.807) is 0 Å². The van der Waals surface area contributed by atoms with E-state index in [9.17, 15) is 9.90 Å². The lowest BCUT2D eigenvalue weighted by Gasteiger charge is -2.32. The van der Waals surface area contributed by atoms with Crippen molar-refractivity contribution in [2.75, 3.05) is 0 Å². The first-order valence-corrected chi connectivity index (χ1v) is 8.06. The molecule has 1 saturated carbocycles. The SMILES string of the molecule is CCCCCCCC=CC1C(C)CCCC1C(=O)O. The first kappa shape index (κ1) is 16.3. The second kappa shape index (κ2) is 9.17. The molecule has 0 amide bonds. The summed E-state index contributed by atoms with van der Waals surface area (Å²) in [5.74, 6) is 0.0114. The van der Waals surface area contributed by atoms with Crippen molar-refractivity contribution in [3.63, 3.8) is 0 Å². The van der Waals surface area contributed by atoms with Crippen LogP contribution in [0.15, 0.2) is 12.2 Å². The molecule has 2 nitrogen and oxygen atoms in total. The highest BCUT2D eigenvalue weighted by Gasteiger charge is 2.33. The summed E-state index contributed by atoms with van der Waals surface area (Å²) in [6.07, 6.45) is 15.1. The number of hydrogen-bond acceptors (Lipinski definition) is 1. The highest BCUT2D eigenvalue weighted by molar-refractivity contribution is 5.70. The summed E-state index contributed by atoms with van der Waals surface area (Å²) in [7, 11) is 0. The molecule has 3 unspecified atom stereocenters. The first-order valence-electron chi connectivity index (χ1n) is 8.06. The Morgan fingerprint density at radius 3 is 2.63 bits per heavy atom. The Morgan fingerprint density at radius 2 is 1.95 bits per heavy atom. The maximum absolute atomic E-state index is 11.3. The molecule has 0 aliphatic heterocycles. The zero-order valence-corrected chi connectivity index (χ0v) is 12.6. The van der Waals surface area contributed by atoms with Crippen molar-refractivity contribution in [2.24, 2.45) is 17.8 Å². The van der Waals surface area contributed by atoms with E-state index in [1.807, 2.05) is 0 Å². The van der Waals surface area contributed by atoms with Crippen LogP contribution < -0.4 is 0 Å². The standard InChI is InChI=1S/C17H30O2/c1-3-4-5-6-7-8-9-12-15-14(2)11-10-13-16(15)17(18)19/h9,12,14-16H,3-8,10-11,13H2,1-2H3,(H,18,19). The molecule has 0 radical (unpaired) electrons. The average molecular weight is 266 g/mol. The lowest BCUT2D eigenvalue weighted by atomic mass is 9.72. The number of rotatable bonds is 8. The fourth-order valence-corrected chi connectivity index (χ4v) is 3.17. The maximum atomic E-state index is 11.3. The van der Waals surface area contributed by atoms with Gasteiger partial charge in [0.15, 0.2) is 0 Å². The molecule has 0 bridgehead atoms. The number of hydrogen-bond donors (Lipinski definition) is 1. The molecule has 110 valence electrons. The van der Waals surface area contributed by atoms with Gasteiger partial charge in [0.25, 0.3) is 0 Å². The Hall–Kier alpha value is -0.790. The normalized spacial score (nSPS) is 27.8. The van der Waals surface area contributed by atoms with Crippen LogP contribution in [-0.2, 0) is 4.79 Å². The number of carbonyl (C=O) groups is 1. The summed E-state index contributed by atoms with van der Waals surface area (Å²) < 4.78 is 0. The fraction of sp³-hybridized carbons (Fsp3) is 0.824. The molecule has 2 heteroatoms. The Morgan fingerprint density at radius 1 is 1.21 bits per heavy atom. The second-order valence-corrected chi connectivity index (χ2v) is 6.06. The maximum Gasteiger partial charge on any atom is 0.307 e. The molecule has 1 aliphatic rings. The summed E-state index contributed by atoms with van der Waals surface area (Å²) in [4.78, 5) is 11.3. The molecule has 0 spiro atoms. The van der Waals surface area contributed by atoms with E-state index in [2.05, 4.69) is 26.0 Å². The van der Waals surface area contributed by atoms with E-state index in [0.29, 0.717) is 5.92 Å². The Kier molecular flexibility index (Phi) is 7.85. The highest BCUT2D eigenvalue weighted by atomic mass is 16.4. The minimum absolute atomic E-state index is 0.153. The van der Waals surface area contributed by atoms with Gasteiger partial charge in [0.1, 0.15) is 0 Å². The van der Waals surface area contributed by atoms with Gasteiger partial charge in [-0.3, -0.25) is 4.79 Å². The van der Waals surface area contributed by atoms with Gasteiger partial charge in [0.05, 0.1) is 5.92 Å². The van der Waals surface area contributed by atoms with Crippen molar-refractivity contribution < 1.29 is 9.90 Å². The van der Waals surface area contributed by atoms with Gasteiger partial charge in [0, 0.05) is 0 Å². The molecule has 19 heavy (non-hydrogen) atoms. The molecule has 0 aromatic rings. The molecule has 1 fully saturated rings. The fourth-order valence-electron chi connectivity index (χ4n) is 3.17. The molecule has 0 aromatic carbocycles. The van der Waals surface area contributed by atoms with E-state index in [1.165, 1.54) is 38.5 Å². The van der Waals surface area contributed by atoms with E-state index < -0.39 is 5.97 Å². The van der Waals surface area contributed by atoms with Crippen LogP contribution in [0, 0.1) is 17.8 Å². The molecule has 1 rings (SSSR count). The van der Waals surface area contributed by atoms with Crippen LogP contribution in [0.2, 0.25) is 0 Å². The third-order valence-corrected chi connectivity index (χ3v) is 4.45. The summed E-state index contributed by atoms with van der Waals surface area (Å²) in [6.45, 7) is 4.43. The van der Waals surface area contributed by atoms with E-state index >= 15 is 0 Å². The monoisotopic (exact) mass is 266 g/mol. The topological polar surface area (TPSA) is 37.3 Å². The first-order chi connectivity index (χ1) is 9.16. The summed E-state index contributed by atoms with van der Waals surface area (Å²) in [5.41, 5.74) is 0. The molecule has 1 N–H and O–H groups in total. The Bertz CT molecular complexity index is 283. The van der Waals surface area contributed by atoms with Crippen LogP contribution in [0.25, 0.3) is 0 Å². The number of allylic oxidation sites excluding steroid dienone is 2. The Balaban J connectivity index is 2.32. The van der Waals surface area contributed by atoms with E-state index in [0.717, 1.165) is 19.3 Å². The van der Waals surface area contributed by atoms with Crippen molar-refractivity contribution in [1.82, 2.24) is 0 Å². The summed E-state index contributed by atoms with van der Waals surface area (Å²) >= 11 is 0. The third-order valence-electron chi connectivity index (χ3n) is 4.45. The predicted octanol–water partition coefficient (Wildman–Crippen LogP) is 5.04. The van der Waals surface area contributed by atoms with Crippen molar-refractivity contribution in [1.29, 1.82) is 0 Å². The van der Waals surface area contributed by atoms with Crippen LogP contribution in [0.4, 0.5) is 0 Å². The molecule has 3 atom stereocenters. The highest BCUT2D eigenvalue weighted by Crippen LogP contribution is 2.35. The lowest BCUT2D eigenvalue weighted by molar-refractivity contribution is -0.144. The lowest BCUT2D eigenvalue weighted by Crippen LogP contribution is -2.30. The minimum atomic E-state index is -0.607. The van der Waals surface area contributed by atoms with Gasteiger partial charge in [-0.15, -0.1) is 0 Å². The number of carboxylic acid groups (broad SMARTS) is 1. The van der Waals surface area contributed by atoms with Gasteiger partial charge in [-0.25, -0.2) is 0 Å². The van der Waals surface area contributed by atoms with Crippen molar-refractivity contribution in [2.45, 2.75) is 71.6 Å². The second-order valence-electron chi connectivity index (χ2n) is 6.06. The van der Waals surface area contributed by atoms with Gasteiger partial charge >= 0.3 is 5.97 Å². The van der Waals surface area contributed by atoms with Crippen LogP contribution in [0.1, 0.15) is 71.6 Å². The molecule has 1 aliphatic carbocycles. The summed E-state index contributed by atoms with van der Waals surface area (Å²) in [6, 6.07) is 0. The van der Waals surface area contributed by atoms with Gasteiger partial charge in [0.2, 0.25) is 0 Å². The van der Waals surface area contributed by atoms with Crippen LogP contribution in [0.5, 0.6) is 0 Å². The summed E-state index contributed by atoms with van der Waals surface area (Å²) in [5, 5.41) is 9.29. The van der Waals surface area contributed by atoms with E-state index in [-0.39, 0.29) is 11.8 Å². The number of carboxylic acids is 1. The zero-order chi connectivity index (χ0) is 14.1. The third kappa shape index (κ3) is 5.80. The van der Waals surface area contributed by atoms with E-state index in [4.69, 9.17) is 0 Å². The van der Waals surface area contributed by atoms with Gasteiger partial charge < -0.3 is 5.11 Å². The van der Waals surface area contributed by atoms with Gasteiger partial charge in [-0.1, -0.05) is 64.5 Å². The van der Waals surface area contributed by atoms with Gasteiger partial charge in [-0.05, 0) is 31.1 Å². The molecule has 0 saturated heterocycles. The largest absolute Gasteiger partial charge is 0.481 e. The number of aliphatic carboxylic acids is 1.